The first-order valence-electron chi connectivity index (χ1n) is 5.83. The fraction of sp³-hybridized carbons (Fsp3) is 0.0714. The number of fused-ring (bicyclic) bond motifs is 1. The van der Waals surface area contributed by atoms with Gasteiger partial charge in [0.1, 0.15) is 11.7 Å². The number of nitrogens with zero attached hydrogens (tertiary/aromatic N) is 4. The third-order valence-corrected chi connectivity index (χ3v) is 3.10. The summed E-state index contributed by atoms with van der Waals surface area (Å²) in [6, 6.07) is 7.17. The van der Waals surface area contributed by atoms with Gasteiger partial charge in [-0.2, -0.15) is 5.10 Å². The molecule has 0 fully saturated rings. The number of terminal acetylenes is 1. The molecular weight excluding hydrogens is 276 g/mol. The molecule has 3 aromatic rings. The molecule has 5 nitrogen and oxygen atoms in total. The fourth-order valence-corrected chi connectivity index (χ4v) is 2.14. The monoisotopic (exact) mass is 284 g/mol. The predicted molar refractivity (Wildman–Crippen MR) is 77.0 cm³/mol. The van der Waals surface area contributed by atoms with Crippen molar-refractivity contribution in [2.45, 2.75) is 6.54 Å². The first-order chi connectivity index (χ1) is 9.70. The first kappa shape index (κ1) is 12.5. The van der Waals surface area contributed by atoms with Crippen molar-refractivity contribution in [3.63, 3.8) is 0 Å². The standard InChI is InChI=1S/C14H9ClN4O/c1-2-6-18-9-16-13-12(14(18)20)8-17-19(13)11-5-3-4-10(15)7-11/h1,3-5,7-9H,6H2. The Bertz CT molecular complexity index is 888. The Morgan fingerprint density at radius 2 is 2.25 bits per heavy atom. The highest BCUT2D eigenvalue weighted by atomic mass is 35.5. The molecule has 0 bridgehead atoms. The van der Waals surface area contributed by atoms with Crippen molar-refractivity contribution in [2.24, 2.45) is 0 Å². The van der Waals surface area contributed by atoms with E-state index in [0.717, 1.165) is 5.69 Å². The maximum Gasteiger partial charge on any atom is 0.265 e. The molecule has 0 radical (unpaired) electrons. The molecule has 0 aliphatic rings. The van der Waals surface area contributed by atoms with Gasteiger partial charge in [-0.1, -0.05) is 23.6 Å². The molecule has 1 aromatic carbocycles. The van der Waals surface area contributed by atoms with Gasteiger partial charge in [-0.15, -0.1) is 6.42 Å². The van der Waals surface area contributed by atoms with Gasteiger partial charge in [-0.25, -0.2) is 9.67 Å². The average molecular weight is 285 g/mol. The lowest BCUT2D eigenvalue weighted by molar-refractivity contribution is 0.778. The van der Waals surface area contributed by atoms with Crippen LogP contribution in [0, 0.1) is 12.3 Å². The zero-order chi connectivity index (χ0) is 14.1. The van der Waals surface area contributed by atoms with Gasteiger partial charge in [0.15, 0.2) is 5.65 Å². The van der Waals surface area contributed by atoms with Crippen molar-refractivity contribution in [3.8, 4) is 18.0 Å². The number of benzene rings is 1. The summed E-state index contributed by atoms with van der Waals surface area (Å²) in [7, 11) is 0. The van der Waals surface area contributed by atoms with Gasteiger partial charge in [-0.3, -0.25) is 9.36 Å². The van der Waals surface area contributed by atoms with Crippen molar-refractivity contribution >= 4 is 22.6 Å². The van der Waals surface area contributed by atoms with Crippen LogP contribution in [0.15, 0.2) is 41.6 Å². The summed E-state index contributed by atoms with van der Waals surface area (Å²) in [5.41, 5.74) is 1.01. The molecule has 2 heterocycles. The number of hydrogen-bond acceptors (Lipinski definition) is 3. The van der Waals surface area contributed by atoms with Crippen LogP contribution in [-0.4, -0.2) is 19.3 Å². The molecule has 0 amide bonds. The van der Waals surface area contributed by atoms with Gasteiger partial charge in [0.25, 0.3) is 5.56 Å². The van der Waals surface area contributed by atoms with Gasteiger partial charge >= 0.3 is 0 Å². The highest BCUT2D eigenvalue weighted by molar-refractivity contribution is 6.30. The van der Waals surface area contributed by atoms with E-state index in [0.29, 0.717) is 16.1 Å². The third kappa shape index (κ3) is 1.96. The van der Waals surface area contributed by atoms with Crippen LogP contribution in [0.3, 0.4) is 0 Å². The van der Waals surface area contributed by atoms with Crippen molar-refractivity contribution in [1.82, 2.24) is 19.3 Å². The summed E-state index contributed by atoms with van der Waals surface area (Å²) in [5, 5.41) is 5.21. The molecular formula is C14H9ClN4O. The van der Waals surface area contributed by atoms with E-state index in [9.17, 15) is 4.79 Å². The van der Waals surface area contributed by atoms with Crippen LogP contribution in [0.1, 0.15) is 0 Å². The molecule has 0 unspecified atom stereocenters. The van der Waals surface area contributed by atoms with Crippen LogP contribution in [0.4, 0.5) is 0 Å². The quantitative estimate of drug-likeness (QED) is 0.675. The van der Waals surface area contributed by atoms with Crippen LogP contribution >= 0.6 is 11.6 Å². The minimum Gasteiger partial charge on any atom is -0.287 e. The molecule has 0 spiro atoms. The number of rotatable bonds is 2. The van der Waals surface area contributed by atoms with E-state index in [4.69, 9.17) is 18.0 Å². The summed E-state index contributed by atoms with van der Waals surface area (Å²) in [4.78, 5) is 16.4. The average Bonchev–Trinajstić information content (AvgIpc) is 2.87. The van der Waals surface area contributed by atoms with Crippen molar-refractivity contribution in [1.29, 1.82) is 0 Å². The van der Waals surface area contributed by atoms with E-state index in [1.807, 2.05) is 12.1 Å². The Morgan fingerprint density at radius 1 is 1.40 bits per heavy atom. The summed E-state index contributed by atoms with van der Waals surface area (Å²) in [5.74, 6) is 2.41. The van der Waals surface area contributed by atoms with Gasteiger partial charge in [0.2, 0.25) is 0 Å². The molecule has 0 aliphatic carbocycles. The maximum absolute atomic E-state index is 12.2. The van der Waals surface area contributed by atoms with E-state index in [1.165, 1.54) is 17.1 Å². The number of halogens is 1. The van der Waals surface area contributed by atoms with Gasteiger partial charge in [-0.05, 0) is 18.2 Å². The van der Waals surface area contributed by atoms with Crippen LogP contribution in [0.5, 0.6) is 0 Å². The van der Waals surface area contributed by atoms with Crippen LogP contribution in [0.2, 0.25) is 5.02 Å². The second kappa shape index (κ2) is 4.83. The minimum absolute atomic E-state index is 0.185. The Kier molecular flexibility index (Phi) is 3.01. The molecule has 3 rings (SSSR count). The molecule has 0 aliphatic heterocycles. The van der Waals surface area contributed by atoms with Gasteiger partial charge in [0, 0.05) is 5.02 Å². The molecule has 98 valence electrons. The Labute approximate surface area is 119 Å². The summed E-state index contributed by atoms with van der Waals surface area (Å²) in [6.07, 6.45) is 8.12. The summed E-state index contributed by atoms with van der Waals surface area (Å²) < 4.78 is 2.94. The lowest BCUT2D eigenvalue weighted by Crippen LogP contribution is -2.19. The van der Waals surface area contributed by atoms with Gasteiger partial charge in [0.05, 0.1) is 18.4 Å². The summed E-state index contributed by atoms with van der Waals surface area (Å²) in [6.45, 7) is 0.185. The summed E-state index contributed by atoms with van der Waals surface area (Å²) >= 11 is 5.96. The normalized spacial score (nSPS) is 10.6. The molecule has 0 saturated heterocycles. The number of hydrogen-bond donors (Lipinski definition) is 0. The highest BCUT2D eigenvalue weighted by Crippen LogP contribution is 2.17. The van der Waals surface area contributed by atoms with Crippen LogP contribution < -0.4 is 5.56 Å². The van der Waals surface area contributed by atoms with Crippen molar-refractivity contribution in [2.75, 3.05) is 0 Å². The first-order valence-corrected chi connectivity index (χ1v) is 6.21. The van der Waals surface area contributed by atoms with E-state index in [2.05, 4.69) is 16.0 Å². The largest absolute Gasteiger partial charge is 0.287 e. The predicted octanol–water partition coefficient (Wildman–Crippen LogP) is 1.87. The lowest BCUT2D eigenvalue weighted by Gasteiger charge is -2.04. The zero-order valence-corrected chi connectivity index (χ0v) is 11.1. The Balaban J connectivity index is 2.23. The molecule has 2 aromatic heterocycles. The second-order valence-electron chi connectivity index (χ2n) is 4.16. The topological polar surface area (TPSA) is 52.7 Å². The van der Waals surface area contributed by atoms with Gasteiger partial charge < -0.3 is 0 Å². The molecule has 0 N–H and O–H groups in total. The maximum atomic E-state index is 12.2. The molecule has 0 saturated carbocycles. The lowest BCUT2D eigenvalue weighted by atomic mass is 10.3. The third-order valence-electron chi connectivity index (χ3n) is 2.87. The van der Waals surface area contributed by atoms with Crippen molar-refractivity contribution in [3.05, 3.63) is 52.2 Å². The SMILES string of the molecule is C#CCn1cnc2c(cnn2-c2cccc(Cl)c2)c1=O. The molecule has 6 heteroatoms. The van der Waals surface area contributed by atoms with E-state index < -0.39 is 0 Å². The minimum atomic E-state index is -0.207. The fourth-order valence-electron chi connectivity index (χ4n) is 1.96. The smallest absolute Gasteiger partial charge is 0.265 e. The van der Waals surface area contributed by atoms with Crippen LogP contribution in [0.25, 0.3) is 16.7 Å². The van der Waals surface area contributed by atoms with Crippen LogP contribution in [-0.2, 0) is 6.54 Å². The molecule has 20 heavy (non-hydrogen) atoms. The Hall–Kier alpha value is -2.58. The van der Waals surface area contributed by atoms with E-state index >= 15 is 0 Å². The highest BCUT2D eigenvalue weighted by Gasteiger charge is 2.11. The van der Waals surface area contributed by atoms with Crippen molar-refractivity contribution < 1.29 is 0 Å². The Morgan fingerprint density at radius 3 is 3.00 bits per heavy atom. The zero-order valence-electron chi connectivity index (χ0n) is 10.3. The number of aromatic nitrogens is 4. The van der Waals surface area contributed by atoms with E-state index in [1.54, 1.807) is 16.8 Å². The van der Waals surface area contributed by atoms with E-state index in [-0.39, 0.29) is 12.1 Å². The molecule has 0 atom stereocenters. The second-order valence-corrected chi connectivity index (χ2v) is 4.59.